The van der Waals surface area contributed by atoms with Crippen LogP contribution in [0.15, 0.2) is 12.2 Å². The van der Waals surface area contributed by atoms with Crippen LogP contribution in [-0.4, -0.2) is 25.2 Å². The van der Waals surface area contributed by atoms with E-state index in [1.165, 1.54) is 6.07 Å². The maximum absolute atomic E-state index is 11.0. The highest BCUT2D eigenvalue weighted by molar-refractivity contribution is 5.93. The summed E-state index contributed by atoms with van der Waals surface area (Å²) >= 11 is 0. The quantitative estimate of drug-likeness (QED) is 0.382. The second-order valence-electron chi connectivity index (χ2n) is 3.24. The second kappa shape index (κ2) is 6.60. The third kappa shape index (κ3) is 6.27. The van der Waals surface area contributed by atoms with Gasteiger partial charge in [0.1, 0.15) is 11.6 Å². The Morgan fingerprint density at radius 2 is 2.00 bits per heavy atom. The van der Waals surface area contributed by atoms with Crippen molar-refractivity contribution in [3.05, 3.63) is 12.2 Å². The molecule has 0 radical (unpaired) electrons. The normalized spacial score (nSPS) is 9.20. The van der Waals surface area contributed by atoms with Crippen LogP contribution in [0.1, 0.15) is 13.8 Å². The van der Waals surface area contributed by atoms with Gasteiger partial charge in [-0.15, -0.1) is 0 Å². The molecule has 0 aliphatic rings. The molecule has 5 heteroatoms. The minimum atomic E-state index is -0.904. The lowest BCUT2D eigenvalue weighted by molar-refractivity contribution is -0.157. The molecule has 0 saturated heterocycles. The van der Waals surface area contributed by atoms with Gasteiger partial charge in [-0.25, -0.2) is 9.59 Å². The van der Waals surface area contributed by atoms with Gasteiger partial charge in [-0.1, -0.05) is 20.4 Å². The number of carbonyl (C=O) groups excluding carboxylic acids is 2. The van der Waals surface area contributed by atoms with Crippen LogP contribution in [0.3, 0.4) is 0 Å². The Morgan fingerprint density at radius 1 is 1.40 bits per heavy atom. The first-order chi connectivity index (χ1) is 6.97. The Kier molecular flexibility index (Phi) is 5.79. The van der Waals surface area contributed by atoms with Crippen molar-refractivity contribution in [1.29, 1.82) is 5.26 Å². The van der Waals surface area contributed by atoms with Crippen molar-refractivity contribution in [3.63, 3.8) is 0 Å². The van der Waals surface area contributed by atoms with Crippen LogP contribution in [0.4, 0.5) is 0 Å². The van der Waals surface area contributed by atoms with E-state index in [0.29, 0.717) is 0 Å². The summed E-state index contributed by atoms with van der Waals surface area (Å²) in [6.07, 6.45) is 0. The van der Waals surface area contributed by atoms with Crippen LogP contribution in [0.25, 0.3) is 0 Å². The summed E-state index contributed by atoms with van der Waals surface area (Å²) in [5, 5.41) is 8.28. The third-order valence-corrected chi connectivity index (χ3v) is 1.28. The van der Waals surface area contributed by atoms with Gasteiger partial charge in [0.25, 0.3) is 0 Å². The van der Waals surface area contributed by atoms with E-state index in [0.717, 1.165) is 0 Å². The van der Waals surface area contributed by atoms with Gasteiger partial charge in [0, 0.05) is 0 Å². The third-order valence-electron chi connectivity index (χ3n) is 1.28. The summed E-state index contributed by atoms with van der Waals surface area (Å²) in [4.78, 5) is 21.8. The topological polar surface area (TPSA) is 76.4 Å². The Hall–Kier alpha value is -1.83. The second-order valence-corrected chi connectivity index (χ2v) is 3.24. The highest BCUT2D eigenvalue weighted by Crippen LogP contribution is 1.95. The average molecular weight is 211 g/mol. The summed E-state index contributed by atoms with van der Waals surface area (Å²) < 4.78 is 9.19. The Labute approximate surface area is 88.3 Å². The molecule has 0 aliphatic carbocycles. The molecule has 0 aromatic heterocycles. The number of ether oxygens (including phenoxy) is 2. The monoisotopic (exact) mass is 211 g/mol. The molecule has 0 saturated carbocycles. The molecule has 0 heterocycles. The molecule has 0 aromatic carbocycles. The Morgan fingerprint density at radius 3 is 2.47 bits per heavy atom. The smallest absolute Gasteiger partial charge is 0.348 e. The maximum Gasteiger partial charge on any atom is 0.348 e. The van der Waals surface area contributed by atoms with Gasteiger partial charge >= 0.3 is 11.9 Å². The summed E-state index contributed by atoms with van der Waals surface area (Å²) in [6, 6.07) is 1.52. The van der Waals surface area contributed by atoms with Crippen molar-refractivity contribution in [2.75, 3.05) is 13.2 Å². The molecule has 0 atom stereocenters. The largest absolute Gasteiger partial charge is 0.463 e. The fourth-order valence-electron chi connectivity index (χ4n) is 0.559. The minimum Gasteiger partial charge on any atom is -0.463 e. The van der Waals surface area contributed by atoms with E-state index >= 15 is 0 Å². The lowest BCUT2D eigenvalue weighted by Crippen LogP contribution is -2.18. The molecular weight excluding hydrogens is 198 g/mol. The number of carbonyl (C=O) groups is 2. The van der Waals surface area contributed by atoms with Gasteiger partial charge in [0.2, 0.25) is 0 Å². The minimum absolute atomic E-state index is 0.221. The SMILES string of the molecule is C=C(C#N)C(=O)OCC(=O)OCC(C)C. The van der Waals surface area contributed by atoms with Gasteiger partial charge < -0.3 is 9.47 Å². The zero-order chi connectivity index (χ0) is 11.8. The van der Waals surface area contributed by atoms with E-state index < -0.39 is 18.5 Å². The van der Waals surface area contributed by atoms with Crippen LogP contribution in [0, 0.1) is 17.2 Å². The summed E-state index contributed by atoms with van der Waals surface area (Å²) in [6.45, 7) is 6.69. The lowest BCUT2D eigenvalue weighted by atomic mass is 10.2. The van der Waals surface area contributed by atoms with Crippen LogP contribution >= 0.6 is 0 Å². The van der Waals surface area contributed by atoms with Crippen molar-refractivity contribution in [3.8, 4) is 6.07 Å². The standard InChI is InChI=1S/C10H13NO4/c1-7(2)5-14-9(12)6-15-10(13)8(3)4-11/h7H,3,5-6H2,1-2H3. The molecular formula is C10H13NO4. The first kappa shape index (κ1) is 13.2. The Bertz CT molecular complexity index is 301. The highest BCUT2D eigenvalue weighted by atomic mass is 16.6. The van der Waals surface area contributed by atoms with Crippen molar-refractivity contribution < 1.29 is 19.1 Å². The molecule has 0 aromatic rings. The predicted octanol–water partition coefficient (Wildman–Crippen LogP) is 0.809. The number of nitrogens with zero attached hydrogens (tertiary/aromatic N) is 1. The van der Waals surface area contributed by atoms with E-state index in [9.17, 15) is 9.59 Å². The number of nitriles is 1. The highest BCUT2D eigenvalue weighted by Gasteiger charge is 2.11. The van der Waals surface area contributed by atoms with E-state index in [1.807, 2.05) is 13.8 Å². The van der Waals surface area contributed by atoms with E-state index in [-0.39, 0.29) is 18.1 Å². The van der Waals surface area contributed by atoms with Gasteiger partial charge in [-0.2, -0.15) is 5.26 Å². The molecule has 0 N–H and O–H groups in total. The number of hydrogen-bond donors (Lipinski definition) is 0. The number of hydrogen-bond acceptors (Lipinski definition) is 5. The summed E-state index contributed by atoms with van der Waals surface area (Å²) in [5.41, 5.74) is -0.341. The average Bonchev–Trinajstić information content (AvgIpc) is 2.21. The molecule has 0 fully saturated rings. The number of rotatable bonds is 5. The van der Waals surface area contributed by atoms with E-state index in [2.05, 4.69) is 11.3 Å². The molecule has 5 nitrogen and oxygen atoms in total. The molecule has 0 amide bonds. The van der Waals surface area contributed by atoms with Crippen molar-refractivity contribution >= 4 is 11.9 Å². The number of esters is 2. The van der Waals surface area contributed by atoms with Gasteiger partial charge in [-0.3, -0.25) is 0 Å². The predicted molar refractivity (Wildman–Crippen MR) is 51.5 cm³/mol. The molecule has 0 unspecified atom stereocenters. The first-order valence-corrected chi connectivity index (χ1v) is 4.39. The summed E-state index contributed by atoms with van der Waals surface area (Å²) in [5.74, 6) is -1.32. The molecule has 0 rings (SSSR count). The van der Waals surface area contributed by atoms with Crippen molar-refractivity contribution in [1.82, 2.24) is 0 Å². The van der Waals surface area contributed by atoms with Gasteiger partial charge in [0.05, 0.1) is 6.61 Å². The summed E-state index contributed by atoms with van der Waals surface area (Å²) in [7, 11) is 0. The van der Waals surface area contributed by atoms with Crippen LogP contribution in [0.5, 0.6) is 0 Å². The first-order valence-electron chi connectivity index (χ1n) is 4.39. The molecule has 15 heavy (non-hydrogen) atoms. The van der Waals surface area contributed by atoms with Crippen molar-refractivity contribution in [2.24, 2.45) is 5.92 Å². The van der Waals surface area contributed by atoms with Gasteiger partial charge in [-0.05, 0) is 5.92 Å². The van der Waals surface area contributed by atoms with E-state index in [4.69, 9.17) is 10.00 Å². The maximum atomic E-state index is 11.0. The fraction of sp³-hybridized carbons (Fsp3) is 0.500. The molecule has 0 bridgehead atoms. The van der Waals surface area contributed by atoms with Crippen LogP contribution in [0.2, 0.25) is 0 Å². The molecule has 0 spiro atoms. The molecule has 82 valence electrons. The van der Waals surface area contributed by atoms with Crippen molar-refractivity contribution in [2.45, 2.75) is 13.8 Å². The molecule has 0 aliphatic heterocycles. The van der Waals surface area contributed by atoms with Crippen LogP contribution < -0.4 is 0 Å². The fourth-order valence-corrected chi connectivity index (χ4v) is 0.559. The van der Waals surface area contributed by atoms with Crippen LogP contribution in [-0.2, 0) is 19.1 Å². The zero-order valence-corrected chi connectivity index (χ0v) is 8.78. The zero-order valence-electron chi connectivity index (χ0n) is 8.78. The van der Waals surface area contributed by atoms with E-state index in [1.54, 1.807) is 0 Å². The Balaban J connectivity index is 3.77. The van der Waals surface area contributed by atoms with Gasteiger partial charge in [0.15, 0.2) is 6.61 Å². The lowest BCUT2D eigenvalue weighted by Gasteiger charge is -2.07.